The fourth-order valence-corrected chi connectivity index (χ4v) is 3.45. The van der Waals surface area contributed by atoms with Crippen molar-refractivity contribution in [1.29, 1.82) is 0 Å². The Kier molecular flexibility index (Phi) is 8.56. The third-order valence-electron chi connectivity index (χ3n) is 4.97. The second-order valence-electron chi connectivity index (χ2n) is 7.17. The number of carbonyl (C=O) groups is 2. The Morgan fingerprint density at radius 3 is 2.55 bits per heavy atom. The first-order chi connectivity index (χ1) is 13.7. The van der Waals surface area contributed by atoms with E-state index in [4.69, 9.17) is 11.6 Å². The van der Waals surface area contributed by atoms with E-state index >= 15 is 0 Å². The summed E-state index contributed by atoms with van der Waals surface area (Å²) in [5.74, 6) is -0.352. The van der Waals surface area contributed by atoms with Crippen LogP contribution in [0.1, 0.15) is 50.2 Å². The number of alkyl halides is 3. The number of amides is 2. The average molecular weight is 431 g/mol. The average Bonchev–Trinajstić information content (AvgIpc) is 2.69. The number of hydrogen-bond donors (Lipinski definition) is 1. The van der Waals surface area contributed by atoms with Crippen LogP contribution in [0.25, 0.3) is 6.08 Å². The van der Waals surface area contributed by atoms with Crippen LogP contribution in [-0.2, 0) is 15.8 Å². The van der Waals surface area contributed by atoms with Crippen molar-refractivity contribution in [3.8, 4) is 0 Å². The van der Waals surface area contributed by atoms with Gasteiger partial charge in [0, 0.05) is 31.6 Å². The molecule has 1 saturated heterocycles. The van der Waals surface area contributed by atoms with Crippen molar-refractivity contribution >= 4 is 29.5 Å². The van der Waals surface area contributed by atoms with Gasteiger partial charge in [0.25, 0.3) is 0 Å². The number of nitrogens with zero attached hydrogens (tertiary/aromatic N) is 1. The first kappa shape index (κ1) is 23.3. The smallest absolute Gasteiger partial charge is 0.356 e. The normalized spacial score (nSPS) is 15.7. The van der Waals surface area contributed by atoms with Crippen LogP contribution in [0.5, 0.6) is 0 Å². The minimum atomic E-state index is -4.55. The topological polar surface area (TPSA) is 49.4 Å². The number of carbonyl (C=O) groups excluding carboxylic acids is 2. The molecule has 1 aromatic carbocycles. The van der Waals surface area contributed by atoms with Gasteiger partial charge in [-0.2, -0.15) is 13.2 Å². The first-order valence-corrected chi connectivity index (χ1v) is 10.2. The fraction of sp³-hybridized carbons (Fsp3) is 0.524. The number of unbranched alkanes of at least 4 members (excludes halogenated alkanes) is 2. The van der Waals surface area contributed by atoms with E-state index in [1.54, 1.807) is 4.90 Å². The zero-order valence-corrected chi connectivity index (χ0v) is 17.2. The number of hydrogen-bond acceptors (Lipinski definition) is 2. The molecule has 4 nitrogen and oxygen atoms in total. The Morgan fingerprint density at radius 1 is 1.24 bits per heavy atom. The molecule has 0 aromatic heterocycles. The van der Waals surface area contributed by atoms with Gasteiger partial charge < -0.3 is 10.2 Å². The fourth-order valence-electron chi connectivity index (χ4n) is 3.23. The summed E-state index contributed by atoms with van der Waals surface area (Å²) in [5, 5.41) is 2.56. The summed E-state index contributed by atoms with van der Waals surface area (Å²) in [6.07, 6.45) is 2.36. The van der Waals surface area contributed by atoms with E-state index in [2.05, 4.69) is 12.2 Å². The predicted molar refractivity (Wildman–Crippen MR) is 107 cm³/mol. The van der Waals surface area contributed by atoms with Gasteiger partial charge in [0.1, 0.15) is 0 Å². The molecule has 2 amide bonds. The van der Waals surface area contributed by atoms with Crippen LogP contribution in [0.4, 0.5) is 13.2 Å². The maximum absolute atomic E-state index is 12.9. The molecule has 1 N–H and O–H groups in total. The highest BCUT2D eigenvalue weighted by Crippen LogP contribution is 2.35. The molecule has 0 aliphatic carbocycles. The summed E-state index contributed by atoms with van der Waals surface area (Å²) >= 11 is 5.60. The second-order valence-corrected chi connectivity index (χ2v) is 7.58. The second kappa shape index (κ2) is 10.7. The van der Waals surface area contributed by atoms with Crippen LogP contribution < -0.4 is 5.32 Å². The molecule has 1 aromatic rings. The predicted octanol–water partition coefficient (Wildman–Crippen LogP) is 4.92. The van der Waals surface area contributed by atoms with Crippen molar-refractivity contribution in [2.45, 2.75) is 45.2 Å². The molecule has 8 heteroatoms. The van der Waals surface area contributed by atoms with Crippen LogP contribution in [0.3, 0.4) is 0 Å². The number of halogens is 4. The number of likely N-dealkylation sites (tertiary alicyclic amines) is 1. The lowest BCUT2D eigenvalue weighted by atomic mass is 9.95. The molecular formula is C21H26ClF3N2O2. The van der Waals surface area contributed by atoms with Crippen molar-refractivity contribution in [2.24, 2.45) is 5.92 Å². The monoisotopic (exact) mass is 430 g/mol. The van der Waals surface area contributed by atoms with E-state index in [0.717, 1.165) is 25.3 Å². The van der Waals surface area contributed by atoms with Crippen molar-refractivity contribution in [3.63, 3.8) is 0 Å². The largest absolute Gasteiger partial charge is 0.417 e. The van der Waals surface area contributed by atoms with Gasteiger partial charge in [-0.1, -0.05) is 37.4 Å². The third kappa shape index (κ3) is 7.07. The molecule has 160 valence electrons. The van der Waals surface area contributed by atoms with Gasteiger partial charge in [-0.15, -0.1) is 0 Å². The number of benzene rings is 1. The highest BCUT2D eigenvalue weighted by molar-refractivity contribution is 6.31. The quantitative estimate of drug-likeness (QED) is 0.493. The molecule has 0 saturated carbocycles. The molecule has 1 aliphatic rings. The van der Waals surface area contributed by atoms with E-state index in [0.29, 0.717) is 32.5 Å². The molecule has 0 atom stereocenters. The number of piperidine rings is 1. The van der Waals surface area contributed by atoms with Crippen molar-refractivity contribution < 1.29 is 22.8 Å². The Hall–Kier alpha value is -2.02. The maximum Gasteiger partial charge on any atom is 0.417 e. The molecule has 1 aliphatic heterocycles. The number of nitrogens with one attached hydrogen (secondary N) is 1. The van der Waals surface area contributed by atoms with Crippen LogP contribution in [0.15, 0.2) is 24.3 Å². The Labute approximate surface area is 174 Å². The Morgan fingerprint density at radius 2 is 1.93 bits per heavy atom. The summed E-state index contributed by atoms with van der Waals surface area (Å²) in [5.41, 5.74) is -0.684. The van der Waals surface area contributed by atoms with Crippen LogP contribution in [0.2, 0.25) is 5.02 Å². The Balaban J connectivity index is 1.86. The maximum atomic E-state index is 12.9. The lowest BCUT2D eigenvalue weighted by Gasteiger charge is -2.30. The Bertz CT molecular complexity index is 742. The number of rotatable bonds is 7. The lowest BCUT2D eigenvalue weighted by Crippen LogP contribution is -2.42. The van der Waals surface area contributed by atoms with E-state index in [1.807, 2.05) is 0 Å². The molecule has 1 heterocycles. The molecule has 0 unspecified atom stereocenters. The zero-order valence-electron chi connectivity index (χ0n) is 16.4. The van der Waals surface area contributed by atoms with Crippen molar-refractivity contribution in [3.05, 3.63) is 40.4 Å². The molecule has 0 radical (unpaired) electrons. The molecule has 29 heavy (non-hydrogen) atoms. The zero-order chi connectivity index (χ0) is 21.4. The van der Waals surface area contributed by atoms with E-state index < -0.39 is 11.7 Å². The van der Waals surface area contributed by atoms with Crippen molar-refractivity contribution in [2.75, 3.05) is 19.6 Å². The first-order valence-electron chi connectivity index (χ1n) is 9.83. The van der Waals surface area contributed by atoms with Gasteiger partial charge in [0.15, 0.2) is 0 Å². The standard InChI is InChI=1S/C21H26ClF3N2O2/c1-2-3-4-11-26-20(29)16-9-12-27(13-10-16)19(28)8-6-15-5-7-18(22)17(14-15)21(23,24)25/h5-8,14,16H,2-4,9-13H2,1H3,(H,26,29)/b8-6+. The molecule has 0 spiro atoms. The SMILES string of the molecule is CCCCCNC(=O)C1CCN(C(=O)/C=C/c2ccc(Cl)c(C(F)(F)F)c2)CC1. The molecule has 0 bridgehead atoms. The summed E-state index contributed by atoms with van der Waals surface area (Å²) < 4.78 is 38.8. The molecule has 2 rings (SSSR count). The summed E-state index contributed by atoms with van der Waals surface area (Å²) in [6.45, 7) is 3.68. The van der Waals surface area contributed by atoms with Crippen molar-refractivity contribution in [1.82, 2.24) is 10.2 Å². The van der Waals surface area contributed by atoms with Gasteiger partial charge in [0.05, 0.1) is 10.6 Å². The van der Waals surface area contributed by atoms with Crippen LogP contribution >= 0.6 is 11.6 Å². The highest BCUT2D eigenvalue weighted by Gasteiger charge is 2.33. The van der Waals surface area contributed by atoms with Gasteiger partial charge in [0.2, 0.25) is 11.8 Å². The summed E-state index contributed by atoms with van der Waals surface area (Å²) in [4.78, 5) is 26.1. The van der Waals surface area contributed by atoms with Gasteiger partial charge in [-0.3, -0.25) is 9.59 Å². The molecule has 1 fully saturated rings. The third-order valence-corrected chi connectivity index (χ3v) is 5.30. The van der Waals surface area contributed by atoms with Crippen LogP contribution in [-0.4, -0.2) is 36.3 Å². The van der Waals surface area contributed by atoms with Gasteiger partial charge >= 0.3 is 6.18 Å². The van der Waals surface area contributed by atoms with E-state index in [1.165, 1.54) is 24.3 Å². The van der Waals surface area contributed by atoms with Gasteiger partial charge in [-0.25, -0.2) is 0 Å². The molecular weight excluding hydrogens is 405 g/mol. The highest BCUT2D eigenvalue weighted by atomic mass is 35.5. The summed E-state index contributed by atoms with van der Waals surface area (Å²) in [6, 6.07) is 3.51. The van der Waals surface area contributed by atoms with Crippen LogP contribution in [0, 0.1) is 5.92 Å². The van der Waals surface area contributed by atoms with Gasteiger partial charge in [-0.05, 0) is 43.0 Å². The minimum absolute atomic E-state index is 0.0320. The lowest BCUT2D eigenvalue weighted by molar-refractivity contribution is -0.137. The minimum Gasteiger partial charge on any atom is -0.356 e. The van der Waals surface area contributed by atoms with E-state index in [-0.39, 0.29) is 28.3 Å². The summed E-state index contributed by atoms with van der Waals surface area (Å²) in [7, 11) is 0. The van der Waals surface area contributed by atoms with E-state index in [9.17, 15) is 22.8 Å².